The second kappa shape index (κ2) is 17.1. The van der Waals surface area contributed by atoms with Crippen LogP contribution in [0, 0.1) is 31.3 Å². The summed E-state index contributed by atoms with van der Waals surface area (Å²) in [5, 5.41) is 6.36. The van der Waals surface area contributed by atoms with Crippen molar-refractivity contribution >= 4 is 54.5 Å². The van der Waals surface area contributed by atoms with Crippen molar-refractivity contribution in [3.8, 4) is 28.3 Å². The Morgan fingerprint density at radius 1 is 0.742 bits per heavy atom. The van der Waals surface area contributed by atoms with Gasteiger partial charge in [0.25, 0.3) is 0 Å². The van der Waals surface area contributed by atoms with Gasteiger partial charge < -0.3 is 14.0 Å². The molecule has 62 heavy (non-hydrogen) atoms. The van der Waals surface area contributed by atoms with Gasteiger partial charge in [0.15, 0.2) is 0 Å². The van der Waals surface area contributed by atoms with E-state index in [1.165, 1.54) is 17.3 Å². The Bertz CT molecular complexity index is 3540. The summed E-state index contributed by atoms with van der Waals surface area (Å²) in [4.78, 5) is 9.41. The van der Waals surface area contributed by atoms with Crippen molar-refractivity contribution in [2.45, 2.75) is 80.4 Å². The smallest absolute Gasteiger partial charge is 0.121 e. The molecule has 0 aliphatic heterocycles. The first kappa shape index (κ1) is 33.7. The molecule has 4 nitrogen and oxygen atoms in total. The van der Waals surface area contributed by atoms with Crippen LogP contribution >= 0.6 is 0 Å². The summed E-state index contributed by atoms with van der Waals surface area (Å²) in [5.74, 6) is 1.45. The summed E-state index contributed by atoms with van der Waals surface area (Å²) in [6, 6.07) is 48.0. The SMILES string of the molecule is [2H]C([2H])([2H])c1c[c-]c(-c2nc3ccccc3n2-c2c(C(C)C)cccc2C(C)C)cc1.[2H]C([2H])([2H])c1cnc(-c2[c-]ccc3c2oc2cc4c(ccc5ccccc54)cc23)cc1C([2H])([2H])C(C)(C)C.[Ir]. The second-order valence-corrected chi connectivity index (χ2v) is 17.4. The number of aromatic nitrogens is 3. The van der Waals surface area contributed by atoms with E-state index >= 15 is 0 Å². The summed E-state index contributed by atoms with van der Waals surface area (Å²) >= 11 is 0. The molecule has 0 N–H and O–H groups in total. The number of imidazole rings is 1. The Morgan fingerprint density at radius 2 is 1.50 bits per heavy atom. The molecular formula is C57H53IrN3O-2. The predicted molar refractivity (Wildman–Crippen MR) is 257 cm³/mol. The maximum absolute atomic E-state index is 8.85. The van der Waals surface area contributed by atoms with E-state index in [1.54, 1.807) is 45.0 Å². The Labute approximate surface area is 390 Å². The fourth-order valence-electron chi connectivity index (χ4n) is 8.30. The van der Waals surface area contributed by atoms with Gasteiger partial charge in [0.05, 0.1) is 22.4 Å². The molecular weight excluding hydrogens is 935 g/mol. The molecule has 10 rings (SSSR count). The van der Waals surface area contributed by atoms with Crippen LogP contribution in [0.25, 0.3) is 82.8 Å². The van der Waals surface area contributed by atoms with Gasteiger partial charge in [-0.2, -0.15) is 0 Å². The Hall–Kier alpha value is -5.87. The van der Waals surface area contributed by atoms with Gasteiger partial charge in [0.1, 0.15) is 5.58 Å². The van der Waals surface area contributed by atoms with Crippen molar-refractivity contribution in [3.63, 3.8) is 0 Å². The number of nitrogens with zero attached hydrogens (tertiary/aromatic N) is 3. The molecule has 0 fully saturated rings. The average molecular weight is 996 g/mol. The average Bonchev–Trinajstić information content (AvgIpc) is 3.88. The molecule has 313 valence electrons. The normalized spacial score (nSPS) is 14.4. The Balaban J connectivity index is 0.000000190. The van der Waals surface area contributed by atoms with Crippen molar-refractivity contribution in [1.29, 1.82) is 0 Å². The molecule has 0 spiro atoms. The molecule has 1 radical (unpaired) electrons. The molecule has 0 unspecified atom stereocenters. The van der Waals surface area contributed by atoms with Crippen LogP contribution in [0.2, 0.25) is 0 Å². The molecule has 0 saturated heterocycles. The molecule has 10 aromatic rings. The van der Waals surface area contributed by atoms with E-state index in [0.29, 0.717) is 28.7 Å². The minimum absolute atomic E-state index is 0. The molecule has 5 heteroatoms. The summed E-state index contributed by atoms with van der Waals surface area (Å²) in [6.07, 6.45) is -0.647. The van der Waals surface area contributed by atoms with E-state index in [9.17, 15) is 0 Å². The van der Waals surface area contributed by atoms with Gasteiger partial charge in [-0.1, -0.05) is 145 Å². The predicted octanol–water partition coefficient (Wildman–Crippen LogP) is 15.7. The van der Waals surface area contributed by atoms with Crippen molar-refractivity contribution in [1.82, 2.24) is 14.5 Å². The van der Waals surface area contributed by atoms with E-state index in [4.69, 9.17) is 20.4 Å². The monoisotopic (exact) mass is 996 g/mol. The third kappa shape index (κ3) is 8.13. The summed E-state index contributed by atoms with van der Waals surface area (Å²) in [7, 11) is 0. The van der Waals surface area contributed by atoms with E-state index in [1.807, 2.05) is 42.5 Å². The third-order valence-electron chi connectivity index (χ3n) is 11.1. The molecule has 7 aromatic carbocycles. The van der Waals surface area contributed by atoms with Crippen LogP contribution in [0.3, 0.4) is 0 Å². The first-order valence-electron chi connectivity index (χ1n) is 24.9. The number of rotatable bonds is 6. The Kier molecular flexibility index (Phi) is 9.31. The number of aryl methyl sites for hydroxylation is 2. The number of fused-ring (bicyclic) bond motifs is 7. The minimum Gasteiger partial charge on any atom is -0.501 e. The molecule has 0 saturated carbocycles. The fraction of sp³-hybridized carbons (Fsp3) is 0.228. The van der Waals surface area contributed by atoms with Gasteiger partial charge in [0, 0.05) is 48.3 Å². The van der Waals surface area contributed by atoms with Crippen LogP contribution in [0.15, 0.2) is 138 Å². The molecule has 0 aliphatic rings. The van der Waals surface area contributed by atoms with Crippen LogP contribution in [-0.4, -0.2) is 14.5 Å². The fourth-order valence-corrected chi connectivity index (χ4v) is 8.30. The first-order valence-corrected chi connectivity index (χ1v) is 20.9. The topological polar surface area (TPSA) is 43.9 Å². The van der Waals surface area contributed by atoms with Crippen molar-refractivity contribution in [3.05, 3.63) is 174 Å². The van der Waals surface area contributed by atoms with Gasteiger partial charge in [0.2, 0.25) is 0 Å². The van der Waals surface area contributed by atoms with Crippen LogP contribution in [0.1, 0.15) is 99.1 Å². The number of hydrogen-bond acceptors (Lipinski definition) is 3. The van der Waals surface area contributed by atoms with E-state index in [2.05, 4.69) is 110 Å². The van der Waals surface area contributed by atoms with Gasteiger partial charge >= 0.3 is 0 Å². The number of para-hydroxylation sites is 3. The number of furan rings is 1. The maximum atomic E-state index is 8.85. The zero-order chi connectivity index (χ0) is 49.4. The van der Waals surface area contributed by atoms with E-state index in [0.717, 1.165) is 66.0 Å². The summed E-state index contributed by atoms with van der Waals surface area (Å²) in [5.41, 5.74) is 8.13. The van der Waals surface area contributed by atoms with E-state index in [-0.39, 0.29) is 36.8 Å². The van der Waals surface area contributed by atoms with E-state index < -0.39 is 25.5 Å². The quantitative estimate of drug-likeness (QED) is 0.123. The minimum atomic E-state index is -2.50. The zero-order valence-electron chi connectivity index (χ0n) is 43.9. The molecule has 0 bridgehead atoms. The van der Waals surface area contributed by atoms with Crippen LogP contribution in [0.4, 0.5) is 0 Å². The standard InChI is InChI=1S/C31H26NO.C26H27N2.Ir/c1-19-18-32-28(15-22(19)17-31(2,3)4)25-11-7-10-24-27-14-21-13-12-20-8-5-6-9-23(20)26(21)16-29(27)33-30(24)25;1-17(2)21-9-8-10-22(18(3)4)25(21)28-24-12-7-6-11-23(24)27-26(28)20-15-13-19(5)14-16-20;/h5-10,12-16,18H,17H2,1-4H3;6-15,17-18H,1-5H3;/q2*-1;/i1D3,17D2;5D3;. The number of benzene rings is 7. The zero-order valence-corrected chi connectivity index (χ0v) is 38.3. The summed E-state index contributed by atoms with van der Waals surface area (Å²) < 4.78 is 73.3. The second-order valence-electron chi connectivity index (χ2n) is 17.4. The van der Waals surface area contributed by atoms with Crippen molar-refractivity contribution < 1.29 is 35.5 Å². The van der Waals surface area contributed by atoms with Crippen LogP contribution in [-0.2, 0) is 26.5 Å². The molecule has 3 aromatic heterocycles. The Morgan fingerprint density at radius 3 is 2.23 bits per heavy atom. The van der Waals surface area contributed by atoms with Gasteiger partial charge in [-0.3, -0.25) is 4.98 Å². The maximum Gasteiger partial charge on any atom is 0.121 e. The van der Waals surface area contributed by atoms with Crippen LogP contribution in [0.5, 0.6) is 0 Å². The largest absolute Gasteiger partial charge is 0.501 e. The molecule has 0 amide bonds. The van der Waals surface area contributed by atoms with Gasteiger partial charge in [-0.25, -0.2) is 0 Å². The van der Waals surface area contributed by atoms with Crippen LogP contribution < -0.4 is 0 Å². The number of hydrogen-bond donors (Lipinski definition) is 0. The molecule has 3 heterocycles. The van der Waals surface area contributed by atoms with Crippen molar-refractivity contribution in [2.24, 2.45) is 5.41 Å². The van der Waals surface area contributed by atoms with Gasteiger partial charge in [-0.05, 0) is 98.7 Å². The summed E-state index contributed by atoms with van der Waals surface area (Å²) in [6.45, 7) is 9.46. The van der Waals surface area contributed by atoms with Crippen molar-refractivity contribution in [2.75, 3.05) is 0 Å². The molecule has 0 atom stereocenters. The van der Waals surface area contributed by atoms with Gasteiger partial charge in [-0.15, -0.1) is 53.6 Å². The molecule has 0 aliphatic carbocycles. The number of pyridine rings is 1. The third-order valence-corrected chi connectivity index (χ3v) is 11.1. The first-order chi connectivity index (χ1) is 32.5.